The maximum Gasteiger partial charge on any atom is 0.252 e. The lowest BCUT2D eigenvalue weighted by Gasteiger charge is -2.16. The number of ether oxygens (including phenoxy) is 1. The van der Waals surface area contributed by atoms with Crippen LogP contribution in [-0.2, 0) is 7.05 Å². The number of carbonyl (C=O) groups excluding carboxylic acids is 1. The van der Waals surface area contributed by atoms with Crippen LogP contribution in [-0.4, -0.2) is 27.3 Å². The molecule has 1 N–H and O–H groups in total. The molecule has 3 aromatic rings. The molecule has 26 heavy (non-hydrogen) atoms. The number of nitrogens with one attached hydrogen (secondary N) is 1. The second-order valence-electron chi connectivity index (χ2n) is 6.42. The zero-order chi connectivity index (χ0) is 18.8. The summed E-state index contributed by atoms with van der Waals surface area (Å²) in [6.45, 7) is 8.33. The van der Waals surface area contributed by atoms with Gasteiger partial charge in [-0.25, -0.2) is 4.98 Å². The van der Waals surface area contributed by atoms with Gasteiger partial charge in [0.25, 0.3) is 5.91 Å². The monoisotopic (exact) mass is 352 g/mol. The number of benzene rings is 1. The number of amides is 1. The van der Waals surface area contributed by atoms with E-state index < -0.39 is 0 Å². The first-order chi connectivity index (χ1) is 12.4. The van der Waals surface area contributed by atoms with Gasteiger partial charge < -0.3 is 10.1 Å². The zero-order valence-electron chi connectivity index (χ0n) is 15.8. The zero-order valence-corrected chi connectivity index (χ0v) is 15.8. The van der Waals surface area contributed by atoms with Crippen molar-refractivity contribution in [3.8, 4) is 5.75 Å². The molecule has 0 bridgehead atoms. The predicted molar refractivity (Wildman–Crippen MR) is 101 cm³/mol. The number of aromatic nitrogens is 3. The van der Waals surface area contributed by atoms with Crippen LogP contribution in [0.25, 0.3) is 11.0 Å². The molecule has 2 heterocycles. The highest BCUT2D eigenvalue weighted by molar-refractivity contribution is 6.06. The van der Waals surface area contributed by atoms with Crippen molar-refractivity contribution < 1.29 is 9.53 Å². The maximum atomic E-state index is 12.9. The van der Waals surface area contributed by atoms with Crippen molar-refractivity contribution in [1.82, 2.24) is 20.1 Å². The highest BCUT2D eigenvalue weighted by Crippen LogP contribution is 2.23. The number of carbonyl (C=O) groups is 1. The average Bonchev–Trinajstić information content (AvgIpc) is 2.89. The molecule has 0 saturated carbocycles. The van der Waals surface area contributed by atoms with Crippen molar-refractivity contribution in [2.45, 2.75) is 33.7 Å². The highest BCUT2D eigenvalue weighted by atomic mass is 16.5. The van der Waals surface area contributed by atoms with Crippen LogP contribution in [0.3, 0.4) is 0 Å². The van der Waals surface area contributed by atoms with E-state index in [9.17, 15) is 4.79 Å². The molecule has 0 saturated heterocycles. The molecule has 136 valence electrons. The van der Waals surface area contributed by atoms with Gasteiger partial charge >= 0.3 is 0 Å². The molecule has 1 amide bonds. The molecule has 0 spiro atoms. The van der Waals surface area contributed by atoms with Crippen molar-refractivity contribution in [2.24, 2.45) is 7.05 Å². The van der Waals surface area contributed by atoms with E-state index in [4.69, 9.17) is 4.74 Å². The lowest BCUT2D eigenvalue weighted by molar-refractivity contribution is 0.0941. The second kappa shape index (κ2) is 7.15. The lowest BCUT2D eigenvalue weighted by Crippen LogP contribution is -2.27. The Hall–Kier alpha value is -2.89. The first kappa shape index (κ1) is 17.9. The standard InChI is InChI=1S/C20H24N4O2/c1-6-26-16-9-7-15(8-10-16)13(3)22-20(25)17-11-12(2)21-19-18(17)14(4)23-24(19)5/h7-11,13H,6H2,1-5H3,(H,22,25). The first-order valence-corrected chi connectivity index (χ1v) is 8.75. The van der Waals surface area contributed by atoms with Gasteiger partial charge in [0.1, 0.15) is 5.75 Å². The van der Waals surface area contributed by atoms with Gasteiger partial charge in [-0.3, -0.25) is 9.48 Å². The van der Waals surface area contributed by atoms with Gasteiger partial charge in [0.05, 0.1) is 29.3 Å². The summed E-state index contributed by atoms with van der Waals surface area (Å²) in [5.41, 5.74) is 3.94. The molecule has 1 unspecified atom stereocenters. The predicted octanol–water partition coefficient (Wildman–Crippen LogP) is 3.47. The first-order valence-electron chi connectivity index (χ1n) is 8.75. The Morgan fingerprint density at radius 1 is 1.27 bits per heavy atom. The van der Waals surface area contributed by atoms with Gasteiger partial charge in [0, 0.05) is 12.7 Å². The summed E-state index contributed by atoms with van der Waals surface area (Å²) in [5, 5.41) is 8.27. The highest BCUT2D eigenvalue weighted by Gasteiger charge is 2.19. The maximum absolute atomic E-state index is 12.9. The van der Waals surface area contributed by atoms with E-state index in [1.807, 2.05) is 65.1 Å². The Morgan fingerprint density at radius 2 is 1.96 bits per heavy atom. The number of pyridine rings is 1. The van der Waals surface area contributed by atoms with Crippen LogP contribution >= 0.6 is 0 Å². The number of hydrogen-bond acceptors (Lipinski definition) is 4. The second-order valence-corrected chi connectivity index (χ2v) is 6.42. The number of hydrogen-bond donors (Lipinski definition) is 1. The molecular formula is C20H24N4O2. The molecule has 0 radical (unpaired) electrons. The minimum atomic E-state index is -0.127. The third-order valence-corrected chi connectivity index (χ3v) is 4.38. The van der Waals surface area contributed by atoms with Crippen molar-refractivity contribution in [1.29, 1.82) is 0 Å². The van der Waals surface area contributed by atoms with Crippen molar-refractivity contribution in [2.75, 3.05) is 6.61 Å². The number of nitrogens with zero attached hydrogens (tertiary/aromatic N) is 3. The number of fused-ring (bicyclic) bond motifs is 1. The summed E-state index contributed by atoms with van der Waals surface area (Å²) < 4.78 is 7.18. The lowest BCUT2D eigenvalue weighted by atomic mass is 10.1. The van der Waals surface area contributed by atoms with Crippen LogP contribution in [0.4, 0.5) is 0 Å². The molecule has 1 aromatic carbocycles. The molecular weight excluding hydrogens is 328 g/mol. The van der Waals surface area contributed by atoms with E-state index in [1.54, 1.807) is 4.68 Å². The molecule has 2 aromatic heterocycles. The van der Waals surface area contributed by atoms with E-state index in [0.29, 0.717) is 12.2 Å². The summed E-state index contributed by atoms with van der Waals surface area (Å²) in [5.74, 6) is 0.699. The van der Waals surface area contributed by atoms with Crippen LogP contribution in [0.15, 0.2) is 30.3 Å². The van der Waals surface area contributed by atoms with Gasteiger partial charge in [-0.05, 0) is 51.5 Å². The van der Waals surface area contributed by atoms with Crippen LogP contribution in [0, 0.1) is 13.8 Å². The van der Waals surface area contributed by atoms with Crippen LogP contribution in [0.5, 0.6) is 5.75 Å². The van der Waals surface area contributed by atoms with Gasteiger partial charge in [0.15, 0.2) is 5.65 Å². The minimum Gasteiger partial charge on any atom is -0.494 e. The van der Waals surface area contributed by atoms with Crippen LogP contribution in [0.2, 0.25) is 0 Å². The fraction of sp³-hybridized carbons (Fsp3) is 0.350. The number of rotatable bonds is 5. The summed E-state index contributed by atoms with van der Waals surface area (Å²) in [7, 11) is 1.84. The molecule has 0 aliphatic heterocycles. The average molecular weight is 352 g/mol. The summed E-state index contributed by atoms with van der Waals surface area (Å²) >= 11 is 0. The summed E-state index contributed by atoms with van der Waals surface area (Å²) in [6.07, 6.45) is 0. The fourth-order valence-electron chi connectivity index (χ4n) is 3.13. The van der Waals surface area contributed by atoms with Crippen molar-refractivity contribution >= 4 is 16.9 Å². The van der Waals surface area contributed by atoms with E-state index in [-0.39, 0.29) is 11.9 Å². The van der Waals surface area contributed by atoms with E-state index in [0.717, 1.165) is 33.7 Å². The molecule has 0 aliphatic carbocycles. The van der Waals surface area contributed by atoms with E-state index in [1.165, 1.54) is 0 Å². The Bertz CT molecular complexity index is 945. The summed E-state index contributed by atoms with van der Waals surface area (Å²) in [4.78, 5) is 17.4. The Balaban J connectivity index is 1.87. The summed E-state index contributed by atoms with van der Waals surface area (Å²) in [6, 6.07) is 9.47. The van der Waals surface area contributed by atoms with Gasteiger partial charge in [-0.2, -0.15) is 5.10 Å². The number of aryl methyl sites for hydroxylation is 3. The van der Waals surface area contributed by atoms with E-state index in [2.05, 4.69) is 15.4 Å². The minimum absolute atomic E-state index is 0.126. The quantitative estimate of drug-likeness (QED) is 0.763. The molecule has 6 nitrogen and oxygen atoms in total. The third-order valence-electron chi connectivity index (χ3n) is 4.38. The molecule has 0 aliphatic rings. The third kappa shape index (κ3) is 3.40. The fourth-order valence-corrected chi connectivity index (χ4v) is 3.13. The molecule has 1 atom stereocenters. The SMILES string of the molecule is CCOc1ccc(C(C)NC(=O)c2cc(C)nc3c2c(C)nn3C)cc1. The Kier molecular flexibility index (Phi) is 4.93. The van der Waals surface area contributed by atoms with Crippen LogP contribution in [0.1, 0.15) is 47.2 Å². The van der Waals surface area contributed by atoms with Crippen molar-refractivity contribution in [3.63, 3.8) is 0 Å². The largest absolute Gasteiger partial charge is 0.494 e. The van der Waals surface area contributed by atoms with E-state index >= 15 is 0 Å². The molecule has 6 heteroatoms. The van der Waals surface area contributed by atoms with Crippen molar-refractivity contribution in [3.05, 3.63) is 52.8 Å². The van der Waals surface area contributed by atoms with Crippen LogP contribution < -0.4 is 10.1 Å². The smallest absolute Gasteiger partial charge is 0.252 e. The normalized spacial score (nSPS) is 12.2. The van der Waals surface area contributed by atoms with Gasteiger partial charge in [-0.1, -0.05) is 12.1 Å². The Labute approximate surface area is 153 Å². The van der Waals surface area contributed by atoms with Gasteiger partial charge in [0.2, 0.25) is 0 Å². The molecule has 3 rings (SSSR count). The topological polar surface area (TPSA) is 69.0 Å². The Morgan fingerprint density at radius 3 is 2.62 bits per heavy atom. The van der Waals surface area contributed by atoms with Gasteiger partial charge in [-0.15, -0.1) is 0 Å². The molecule has 0 fully saturated rings.